The maximum Gasteiger partial charge on any atom is 0.292 e. The number of carbonyl (C=O) groups excluding carboxylic acids is 1. The van der Waals surface area contributed by atoms with Crippen molar-refractivity contribution in [2.24, 2.45) is 0 Å². The zero-order chi connectivity index (χ0) is 19.2. The van der Waals surface area contributed by atoms with Crippen LogP contribution in [0.2, 0.25) is 0 Å². The van der Waals surface area contributed by atoms with E-state index in [0.717, 1.165) is 31.9 Å². The summed E-state index contributed by atoms with van der Waals surface area (Å²) >= 11 is 0. The second-order valence-electron chi connectivity index (χ2n) is 6.38. The number of amides is 1. The zero-order valence-corrected chi connectivity index (χ0v) is 14.8. The van der Waals surface area contributed by atoms with Crippen LogP contribution in [0.1, 0.15) is 6.42 Å². The first-order valence-corrected chi connectivity index (χ1v) is 8.79. The van der Waals surface area contributed by atoms with Crippen LogP contribution in [-0.2, 0) is 4.79 Å². The van der Waals surface area contributed by atoms with Gasteiger partial charge in [-0.05, 0) is 30.3 Å². The van der Waals surface area contributed by atoms with Crippen molar-refractivity contribution in [3.63, 3.8) is 0 Å². The average molecular weight is 372 g/mol. The molecule has 1 fully saturated rings. The van der Waals surface area contributed by atoms with E-state index in [4.69, 9.17) is 0 Å². The topological polar surface area (TPSA) is 78.7 Å². The van der Waals surface area contributed by atoms with Gasteiger partial charge in [0.15, 0.2) is 0 Å². The molecular formula is C19H21FN4O3. The van der Waals surface area contributed by atoms with Crippen LogP contribution in [0.3, 0.4) is 0 Å². The van der Waals surface area contributed by atoms with E-state index in [9.17, 15) is 19.3 Å². The van der Waals surface area contributed by atoms with Gasteiger partial charge in [0, 0.05) is 50.9 Å². The van der Waals surface area contributed by atoms with E-state index in [1.165, 1.54) is 24.3 Å². The minimum absolute atomic E-state index is 0.112. The third kappa shape index (κ3) is 5.01. The molecule has 0 saturated carbocycles. The van der Waals surface area contributed by atoms with Gasteiger partial charge in [-0.25, -0.2) is 4.39 Å². The maximum atomic E-state index is 13.0. The standard InChI is InChI=1S/C19H21FN4O3/c20-15-5-7-16(8-6-15)23-13-11-22(12-14-23)10-9-19(25)21-17-3-1-2-4-18(17)24(26)27/h1-8H,9-14H2,(H,21,25). The lowest BCUT2D eigenvalue weighted by molar-refractivity contribution is -0.383. The average Bonchev–Trinajstić information content (AvgIpc) is 2.68. The monoisotopic (exact) mass is 372 g/mol. The van der Waals surface area contributed by atoms with Crippen molar-refractivity contribution in [3.8, 4) is 0 Å². The molecule has 1 heterocycles. The summed E-state index contributed by atoms with van der Waals surface area (Å²) < 4.78 is 13.0. The first-order chi connectivity index (χ1) is 13.0. The van der Waals surface area contributed by atoms with Crippen molar-refractivity contribution in [3.05, 3.63) is 64.5 Å². The van der Waals surface area contributed by atoms with Crippen LogP contribution in [0.25, 0.3) is 0 Å². The molecule has 0 aromatic heterocycles. The van der Waals surface area contributed by atoms with Crippen molar-refractivity contribution in [2.45, 2.75) is 6.42 Å². The highest BCUT2D eigenvalue weighted by molar-refractivity contribution is 5.93. The van der Waals surface area contributed by atoms with E-state index in [2.05, 4.69) is 15.1 Å². The number of hydrogen-bond acceptors (Lipinski definition) is 5. The minimum atomic E-state index is -0.510. The molecule has 0 bridgehead atoms. The van der Waals surface area contributed by atoms with Crippen molar-refractivity contribution >= 4 is 23.0 Å². The number of anilines is 2. The Balaban J connectivity index is 1.45. The number of halogens is 1. The summed E-state index contributed by atoms with van der Waals surface area (Å²) in [4.78, 5) is 27.0. The Kier molecular flexibility index (Phi) is 5.97. The fourth-order valence-electron chi connectivity index (χ4n) is 3.09. The Bertz CT molecular complexity index is 805. The molecule has 0 spiro atoms. The number of hydrogen-bond donors (Lipinski definition) is 1. The largest absolute Gasteiger partial charge is 0.369 e. The molecular weight excluding hydrogens is 351 g/mol. The van der Waals surface area contributed by atoms with Crippen molar-refractivity contribution in [1.82, 2.24) is 4.90 Å². The molecule has 2 aromatic rings. The summed E-state index contributed by atoms with van der Waals surface area (Å²) in [5.74, 6) is -0.493. The summed E-state index contributed by atoms with van der Waals surface area (Å²) in [6.07, 6.45) is 0.266. The lowest BCUT2D eigenvalue weighted by Gasteiger charge is -2.36. The fraction of sp³-hybridized carbons (Fsp3) is 0.316. The maximum absolute atomic E-state index is 13.0. The van der Waals surface area contributed by atoms with Crippen LogP contribution in [-0.4, -0.2) is 48.5 Å². The molecule has 7 nitrogen and oxygen atoms in total. The molecule has 142 valence electrons. The molecule has 2 aromatic carbocycles. The van der Waals surface area contributed by atoms with Crippen LogP contribution in [0.15, 0.2) is 48.5 Å². The molecule has 1 N–H and O–H groups in total. The number of piperazine rings is 1. The van der Waals surface area contributed by atoms with Gasteiger partial charge in [0.05, 0.1) is 4.92 Å². The molecule has 1 aliphatic heterocycles. The van der Waals surface area contributed by atoms with Crippen LogP contribution >= 0.6 is 0 Å². The van der Waals surface area contributed by atoms with Crippen molar-refractivity contribution in [1.29, 1.82) is 0 Å². The smallest absolute Gasteiger partial charge is 0.292 e. The summed E-state index contributed by atoms with van der Waals surface area (Å²) in [6.45, 7) is 3.80. The number of nitrogens with zero attached hydrogens (tertiary/aromatic N) is 3. The molecule has 27 heavy (non-hydrogen) atoms. The van der Waals surface area contributed by atoms with Gasteiger partial charge in [-0.2, -0.15) is 0 Å². The van der Waals surface area contributed by atoms with Crippen molar-refractivity contribution < 1.29 is 14.1 Å². The Morgan fingerprint density at radius 3 is 2.41 bits per heavy atom. The van der Waals surface area contributed by atoms with Gasteiger partial charge in [0.2, 0.25) is 5.91 Å². The van der Waals surface area contributed by atoms with E-state index in [1.54, 1.807) is 24.3 Å². The fourth-order valence-corrected chi connectivity index (χ4v) is 3.09. The van der Waals surface area contributed by atoms with E-state index >= 15 is 0 Å². The summed E-state index contributed by atoms with van der Waals surface area (Å²) in [7, 11) is 0. The van der Waals surface area contributed by atoms with E-state index in [1.807, 2.05) is 0 Å². The number of nitro benzene ring substituents is 1. The second-order valence-corrected chi connectivity index (χ2v) is 6.38. The normalized spacial score (nSPS) is 14.8. The number of rotatable bonds is 6. The zero-order valence-electron chi connectivity index (χ0n) is 14.8. The number of nitro groups is 1. The molecule has 0 radical (unpaired) electrons. The summed E-state index contributed by atoms with van der Waals surface area (Å²) in [5, 5.41) is 13.6. The highest BCUT2D eigenvalue weighted by Gasteiger charge is 2.19. The van der Waals surface area contributed by atoms with Gasteiger partial charge >= 0.3 is 0 Å². The van der Waals surface area contributed by atoms with Gasteiger partial charge in [0.1, 0.15) is 11.5 Å². The van der Waals surface area contributed by atoms with Gasteiger partial charge in [-0.3, -0.25) is 19.8 Å². The molecule has 0 aliphatic carbocycles. The third-order valence-corrected chi connectivity index (χ3v) is 4.59. The number of nitrogens with one attached hydrogen (secondary N) is 1. The Morgan fingerprint density at radius 1 is 1.07 bits per heavy atom. The Morgan fingerprint density at radius 2 is 1.74 bits per heavy atom. The van der Waals surface area contributed by atoms with Gasteiger partial charge in [-0.15, -0.1) is 0 Å². The second kappa shape index (κ2) is 8.59. The predicted octanol–water partition coefficient (Wildman–Crippen LogP) is 2.88. The van der Waals surface area contributed by atoms with Crippen LogP contribution < -0.4 is 10.2 Å². The third-order valence-electron chi connectivity index (χ3n) is 4.59. The SMILES string of the molecule is O=C(CCN1CCN(c2ccc(F)cc2)CC1)Nc1ccccc1[N+](=O)[O-]. The van der Waals surface area contributed by atoms with E-state index in [-0.39, 0.29) is 29.5 Å². The molecule has 8 heteroatoms. The van der Waals surface area contributed by atoms with E-state index in [0.29, 0.717) is 6.54 Å². The number of carbonyl (C=O) groups is 1. The molecule has 0 atom stereocenters. The van der Waals surface area contributed by atoms with Gasteiger partial charge in [0.25, 0.3) is 5.69 Å². The summed E-state index contributed by atoms with van der Waals surface area (Å²) in [5.41, 5.74) is 1.09. The Labute approximate surface area is 156 Å². The first-order valence-electron chi connectivity index (χ1n) is 8.79. The highest BCUT2D eigenvalue weighted by Crippen LogP contribution is 2.23. The first kappa shape index (κ1) is 18.8. The van der Waals surface area contributed by atoms with Crippen molar-refractivity contribution in [2.75, 3.05) is 42.9 Å². The van der Waals surface area contributed by atoms with E-state index < -0.39 is 4.92 Å². The lowest BCUT2D eigenvalue weighted by Crippen LogP contribution is -2.47. The number of benzene rings is 2. The highest BCUT2D eigenvalue weighted by atomic mass is 19.1. The van der Waals surface area contributed by atoms with Gasteiger partial charge < -0.3 is 10.2 Å². The molecule has 3 rings (SSSR count). The van der Waals surface area contributed by atoms with Crippen LogP contribution in [0.5, 0.6) is 0 Å². The van der Waals surface area contributed by atoms with Crippen LogP contribution in [0.4, 0.5) is 21.5 Å². The van der Waals surface area contributed by atoms with Gasteiger partial charge in [-0.1, -0.05) is 12.1 Å². The minimum Gasteiger partial charge on any atom is -0.369 e. The molecule has 0 unspecified atom stereocenters. The Hall–Kier alpha value is -3.00. The molecule has 1 amide bonds. The lowest BCUT2D eigenvalue weighted by atomic mass is 10.2. The number of para-hydroxylation sites is 2. The molecule has 1 saturated heterocycles. The predicted molar refractivity (Wildman–Crippen MR) is 101 cm³/mol. The molecule has 1 aliphatic rings. The van der Waals surface area contributed by atoms with Crippen LogP contribution in [0, 0.1) is 15.9 Å². The quantitative estimate of drug-likeness (QED) is 0.623. The summed E-state index contributed by atoms with van der Waals surface area (Å²) in [6, 6.07) is 12.5.